The molecule has 0 spiro atoms. The Bertz CT molecular complexity index is 670. The highest BCUT2D eigenvalue weighted by Gasteiger charge is 2.15. The zero-order chi connectivity index (χ0) is 16.8. The largest absolute Gasteiger partial charge is 0.495 e. The van der Waals surface area contributed by atoms with Gasteiger partial charge in [0.15, 0.2) is 5.16 Å². The molecule has 2 rings (SSSR count). The molecule has 0 aliphatic heterocycles. The van der Waals surface area contributed by atoms with E-state index in [4.69, 9.17) is 4.74 Å². The molecule has 1 heterocycles. The van der Waals surface area contributed by atoms with Crippen LogP contribution in [0.1, 0.15) is 32.6 Å². The Morgan fingerprint density at radius 1 is 1.35 bits per heavy atom. The van der Waals surface area contributed by atoms with Gasteiger partial charge < -0.3 is 14.6 Å². The molecule has 0 aliphatic carbocycles. The second kappa shape index (κ2) is 8.01. The van der Waals surface area contributed by atoms with Gasteiger partial charge in [-0.3, -0.25) is 4.79 Å². The quantitative estimate of drug-likeness (QED) is 0.788. The Balaban J connectivity index is 2.01. The van der Waals surface area contributed by atoms with Crippen molar-refractivity contribution < 1.29 is 9.53 Å². The zero-order valence-electron chi connectivity index (χ0n) is 13.9. The molecule has 0 bridgehead atoms. The van der Waals surface area contributed by atoms with Crippen molar-refractivity contribution in [1.82, 2.24) is 14.8 Å². The maximum atomic E-state index is 12.2. The monoisotopic (exact) mass is 334 g/mol. The first-order valence-corrected chi connectivity index (χ1v) is 8.54. The van der Waals surface area contributed by atoms with Crippen LogP contribution in [-0.2, 0) is 11.2 Å². The molecular formula is C16H22N4O2S. The minimum absolute atomic E-state index is 0.101. The third-order valence-corrected chi connectivity index (χ3v) is 4.22. The average Bonchev–Trinajstić information content (AvgIpc) is 2.96. The second-order valence-electron chi connectivity index (χ2n) is 5.25. The highest BCUT2D eigenvalue weighted by Crippen LogP contribution is 2.25. The van der Waals surface area contributed by atoms with E-state index < -0.39 is 0 Å². The predicted molar refractivity (Wildman–Crippen MR) is 92.1 cm³/mol. The standard InChI is InChI=1S/C16H22N4O2S/c1-5-14-18-19-16(20(14)11(2)3)23-10-15(21)17-12-8-6-7-9-13(12)22-4/h6-9,11H,5,10H2,1-4H3,(H,17,21). The first-order valence-electron chi connectivity index (χ1n) is 7.56. The lowest BCUT2D eigenvalue weighted by atomic mass is 10.3. The minimum atomic E-state index is -0.101. The molecule has 0 aliphatic rings. The van der Waals surface area contributed by atoms with Crippen LogP contribution in [-0.4, -0.2) is 33.5 Å². The summed E-state index contributed by atoms with van der Waals surface area (Å²) in [5.74, 6) is 1.75. The molecule has 0 unspecified atom stereocenters. The molecule has 1 amide bonds. The van der Waals surface area contributed by atoms with Crippen molar-refractivity contribution in [3.8, 4) is 5.75 Å². The molecule has 0 fully saturated rings. The fraction of sp³-hybridized carbons (Fsp3) is 0.438. The molecular weight excluding hydrogens is 312 g/mol. The van der Waals surface area contributed by atoms with E-state index in [1.54, 1.807) is 7.11 Å². The van der Waals surface area contributed by atoms with Gasteiger partial charge in [-0.25, -0.2) is 0 Å². The number of methoxy groups -OCH3 is 1. The number of nitrogens with one attached hydrogen (secondary N) is 1. The summed E-state index contributed by atoms with van der Waals surface area (Å²) in [5, 5.41) is 12.0. The van der Waals surface area contributed by atoms with Gasteiger partial charge in [0.25, 0.3) is 0 Å². The van der Waals surface area contributed by atoms with E-state index in [0.29, 0.717) is 11.4 Å². The van der Waals surface area contributed by atoms with Crippen molar-refractivity contribution in [1.29, 1.82) is 0 Å². The fourth-order valence-electron chi connectivity index (χ4n) is 2.23. The van der Waals surface area contributed by atoms with Gasteiger partial charge in [-0.2, -0.15) is 0 Å². The van der Waals surface area contributed by atoms with Crippen molar-refractivity contribution in [3.05, 3.63) is 30.1 Å². The van der Waals surface area contributed by atoms with Gasteiger partial charge in [0.1, 0.15) is 11.6 Å². The maximum absolute atomic E-state index is 12.2. The van der Waals surface area contributed by atoms with E-state index >= 15 is 0 Å². The Labute approximate surface area is 140 Å². The number of thioether (sulfide) groups is 1. The smallest absolute Gasteiger partial charge is 0.234 e. The van der Waals surface area contributed by atoms with Gasteiger partial charge in [-0.1, -0.05) is 30.8 Å². The molecule has 1 N–H and O–H groups in total. The zero-order valence-corrected chi connectivity index (χ0v) is 14.7. The summed E-state index contributed by atoms with van der Waals surface area (Å²) >= 11 is 1.39. The van der Waals surface area contributed by atoms with E-state index in [-0.39, 0.29) is 17.7 Å². The molecule has 6 nitrogen and oxygen atoms in total. The number of amides is 1. The van der Waals surface area contributed by atoms with Crippen LogP contribution in [0.15, 0.2) is 29.4 Å². The SMILES string of the molecule is CCc1nnc(SCC(=O)Nc2ccccc2OC)n1C(C)C. The van der Waals surface area contributed by atoms with Crippen LogP contribution in [0, 0.1) is 0 Å². The van der Waals surface area contributed by atoms with Crippen LogP contribution in [0.2, 0.25) is 0 Å². The normalized spacial score (nSPS) is 10.8. The number of carbonyl (C=O) groups is 1. The molecule has 1 aromatic heterocycles. The number of anilines is 1. The lowest BCUT2D eigenvalue weighted by Crippen LogP contribution is -2.15. The Hall–Kier alpha value is -2.02. The number of carbonyl (C=O) groups excluding carboxylic acids is 1. The van der Waals surface area contributed by atoms with E-state index in [1.807, 2.05) is 31.2 Å². The van der Waals surface area contributed by atoms with Crippen molar-refractivity contribution in [2.75, 3.05) is 18.2 Å². The number of ether oxygens (including phenoxy) is 1. The van der Waals surface area contributed by atoms with Crippen LogP contribution in [0.5, 0.6) is 5.75 Å². The van der Waals surface area contributed by atoms with E-state index in [2.05, 4.69) is 33.9 Å². The fourth-order valence-corrected chi connectivity index (χ4v) is 3.12. The summed E-state index contributed by atoms with van der Waals surface area (Å²) in [7, 11) is 1.58. The summed E-state index contributed by atoms with van der Waals surface area (Å²) in [4.78, 5) is 12.2. The van der Waals surface area contributed by atoms with Crippen LogP contribution < -0.4 is 10.1 Å². The summed E-state index contributed by atoms with van der Waals surface area (Å²) < 4.78 is 7.30. The van der Waals surface area contributed by atoms with E-state index in [0.717, 1.165) is 17.4 Å². The third kappa shape index (κ3) is 4.25. The Morgan fingerprint density at radius 3 is 2.74 bits per heavy atom. The van der Waals surface area contributed by atoms with Crippen LogP contribution in [0.25, 0.3) is 0 Å². The molecule has 0 radical (unpaired) electrons. The van der Waals surface area contributed by atoms with Gasteiger partial charge in [-0.05, 0) is 26.0 Å². The van der Waals surface area contributed by atoms with Crippen LogP contribution >= 0.6 is 11.8 Å². The van der Waals surface area contributed by atoms with Crippen molar-refractivity contribution in [2.24, 2.45) is 0 Å². The Morgan fingerprint density at radius 2 is 2.09 bits per heavy atom. The molecule has 0 saturated heterocycles. The van der Waals surface area contributed by atoms with Gasteiger partial charge >= 0.3 is 0 Å². The topological polar surface area (TPSA) is 69.0 Å². The number of nitrogens with zero attached hydrogens (tertiary/aromatic N) is 3. The molecule has 1 aromatic carbocycles. The molecule has 0 saturated carbocycles. The number of rotatable bonds is 7. The van der Waals surface area contributed by atoms with Crippen LogP contribution in [0.3, 0.4) is 0 Å². The van der Waals surface area contributed by atoms with Gasteiger partial charge in [0.2, 0.25) is 5.91 Å². The number of para-hydroxylation sites is 2. The molecule has 124 valence electrons. The third-order valence-electron chi connectivity index (χ3n) is 3.28. The Kier molecular flexibility index (Phi) is 6.04. The first-order chi connectivity index (χ1) is 11.1. The summed E-state index contributed by atoms with van der Waals surface area (Å²) in [5.41, 5.74) is 0.667. The minimum Gasteiger partial charge on any atom is -0.495 e. The molecule has 23 heavy (non-hydrogen) atoms. The van der Waals surface area contributed by atoms with Gasteiger partial charge in [0.05, 0.1) is 18.6 Å². The van der Waals surface area contributed by atoms with E-state index in [1.165, 1.54) is 11.8 Å². The van der Waals surface area contributed by atoms with Crippen molar-refractivity contribution in [2.45, 2.75) is 38.4 Å². The lowest BCUT2D eigenvalue weighted by Gasteiger charge is -2.13. The maximum Gasteiger partial charge on any atom is 0.234 e. The number of hydrogen-bond acceptors (Lipinski definition) is 5. The summed E-state index contributed by atoms with van der Waals surface area (Å²) in [6.45, 7) is 6.22. The molecule has 7 heteroatoms. The average molecular weight is 334 g/mol. The van der Waals surface area contributed by atoms with Gasteiger partial charge in [0, 0.05) is 12.5 Å². The first kappa shape index (κ1) is 17.3. The van der Waals surface area contributed by atoms with Gasteiger partial charge in [-0.15, -0.1) is 10.2 Å². The summed E-state index contributed by atoms with van der Waals surface area (Å²) in [6.07, 6.45) is 0.819. The number of aromatic nitrogens is 3. The highest BCUT2D eigenvalue weighted by atomic mass is 32.2. The second-order valence-corrected chi connectivity index (χ2v) is 6.20. The predicted octanol–water partition coefficient (Wildman–Crippen LogP) is 3.16. The van der Waals surface area contributed by atoms with Crippen molar-refractivity contribution >= 4 is 23.4 Å². The number of benzene rings is 1. The summed E-state index contributed by atoms with van der Waals surface area (Å²) in [6, 6.07) is 7.60. The van der Waals surface area contributed by atoms with E-state index in [9.17, 15) is 4.79 Å². The lowest BCUT2D eigenvalue weighted by molar-refractivity contribution is -0.113. The number of aryl methyl sites for hydroxylation is 1. The van der Waals surface area contributed by atoms with Crippen LogP contribution in [0.4, 0.5) is 5.69 Å². The highest BCUT2D eigenvalue weighted by molar-refractivity contribution is 7.99. The molecule has 0 atom stereocenters. The van der Waals surface area contributed by atoms with Crippen molar-refractivity contribution in [3.63, 3.8) is 0 Å². The number of hydrogen-bond donors (Lipinski definition) is 1. The molecule has 2 aromatic rings.